The average Bonchev–Trinajstić information content (AvgIpc) is 3.28. The molecule has 1 saturated carbocycles. The molecule has 1 aromatic rings. The lowest BCUT2D eigenvalue weighted by Gasteiger charge is -2.26. The molecule has 1 aromatic heterocycles. The van der Waals surface area contributed by atoms with Crippen molar-refractivity contribution in [3.8, 4) is 0 Å². The highest BCUT2D eigenvalue weighted by atomic mass is 15.2. The van der Waals surface area contributed by atoms with E-state index in [0.717, 1.165) is 19.1 Å². The van der Waals surface area contributed by atoms with Crippen LogP contribution in [-0.4, -0.2) is 28.5 Å². The minimum atomic E-state index is 0.701. The van der Waals surface area contributed by atoms with Gasteiger partial charge in [-0.05, 0) is 51.3 Å². The zero-order valence-electron chi connectivity index (χ0n) is 12.6. The van der Waals surface area contributed by atoms with Gasteiger partial charge in [0.15, 0.2) is 0 Å². The molecule has 1 saturated heterocycles. The van der Waals surface area contributed by atoms with E-state index in [1.807, 2.05) is 0 Å². The SMILES string of the molecule is CC1CCCCCN1Cc1cccc(CNC2CC2)n1. The molecule has 2 fully saturated rings. The van der Waals surface area contributed by atoms with Crippen molar-refractivity contribution < 1.29 is 0 Å². The van der Waals surface area contributed by atoms with Crippen LogP contribution < -0.4 is 5.32 Å². The molecule has 0 spiro atoms. The van der Waals surface area contributed by atoms with Crippen molar-refractivity contribution in [2.45, 2.75) is 70.6 Å². The lowest BCUT2D eigenvalue weighted by molar-refractivity contribution is 0.202. The van der Waals surface area contributed by atoms with Crippen molar-refractivity contribution in [1.29, 1.82) is 0 Å². The molecular weight excluding hydrogens is 246 g/mol. The van der Waals surface area contributed by atoms with Crippen LogP contribution in [0.3, 0.4) is 0 Å². The number of likely N-dealkylation sites (tertiary alicyclic amines) is 1. The highest BCUT2D eigenvalue weighted by Crippen LogP contribution is 2.20. The van der Waals surface area contributed by atoms with Crippen molar-refractivity contribution in [2.24, 2.45) is 0 Å². The summed E-state index contributed by atoms with van der Waals surface area (Å²) in [5.74, 6) is 0. The Labute approximate surface area is 122 Å². The van der Waals surface area contributed by atoms with Crippen LogP contribution in [-0.2, 0) is 13.1 Å². The number of aromatic nitrogens is 1. The quantitative estimate of drug-likeness (QED) is 0.893. The van der Waals surface area contributed by atoms with E-state index in [-0.39, 0.29) is 0 Å². The van der Waals surface area contributed by atoms with Gasteiger partial charge in [0.05, 0.1) is 11.4 Å². The monoisotopic (exact) mass is 273 g/mol. The molecule has 1 N–H and O–H groups in total. The maximum atomic E-state index is 4.83. The van der Waals surface area contributed by atoms with Crippen LogP contribution in [0.25, 0.3) is 0 Å². The maximum Gasteiger partial charge on any atom is 0.0547 e. The smallest absolute Gasteiger partial charge is 0.0547 e. The van der Waals surface area contributed by atoms with Gasteiger partial charge in [-0.2, -0.15) is 0 Å². The molecule has 0 radical (unpaired) electrons. The lowest BCUT2D eigenvalue weighted by Crippen LogP contribution is -2.32. The zero-order chi connectivity index (χ0) is 13.8. The molecule has 3 heteroatoms. The van der Waals surface area contributed by atoms with Crippen molar-refractivity contribution in [2.75, 3.05) is 6.54 Å². The summed E-state index contributed by atoms with van der Waals surface area (Å²) in [6.07, 6.45) is 8.13. The lowest BCUT2D eigenvalue weighted by atomic mass is 10.1. The van der Waals surface area contributed by atoms with Crippen molar-refractivity contribution >= 4 is 0 Å². The average molecular weight is 273 g/mol. The standard InChI is InChI=1S/C17H27N3/c1-14-6-3-2-4-11-20(14)13-17-8-5-7-16(19-17)12-18-15-9-10-15/h5,7-8,14-15,18H,2-4,6,9-13H2,1H3. The number of pyridine rings is 1. The Balaban J connectivity index is 1.58. The Kier molecular flexibility index (Phi) is 4.69. The van der Waals surface area contributed by atoms with Gasteiger partial charge in [-0.25, -0.2) is 0 Å². The predicted octanol–water partition coefficient (Wildman–Crippen LogP) is 3.10. The molecule has 1 aliphatic heterocycles. The molecule has 2 heterocycles. The Morgan fingerprint density at radius 2 is 2.00 bits per heavy atom. The molecule has 3 nitrogen and oxygen atoms in total. The zero-order valence-corrected chi connectivity index (χ0v) is 12.6. The summed E-state index contributed by atoms with van der Waals surface area (Å²) in [6.45, 7) is 5.53. The molecule has 1 unspecified atom stereocenters. The van der Waals surface area contributed by atoms with Gasteiger partial charge in [-0.3, -0.25) is 9.88 Å². The minimum absolute atomic E-state index is 0.701. The molecule has 2 aliphatic rings. The second-order valence-electron chi connectivity index (χ2n) is 6.44. The summed E-state index contributed by atoms with van der Waals surface area (Å²) in [7, 11) is 0. The van der Waals surface area contributed by atoms with Crippen LogP contribution in [0, 0.1) is 0 Å². The second kappa shape index (κ2) is 6.68. The van der Waals surface area contributed by atoms with Gasteiger partial charge in [-0.15, -0.1) is 0 Å². The van der Waals surface area contributed by atoms with E-state index >= 15 is 0 Å². The van der Waals surface area contributed by atoms with E-state index < -0.39 is 0 Å². The summed E-state index contributed by atoms with van der Waals surface area (Å²) in [5.41, 5.74) is 2.42. The third kappa shape index (κ3) is 4.03. The minimum Gasteiger partial charge on any atom is -0.308 e. The van der Waals surface area contributed by atoms with Gasteiger partial charge in [0.2, 0.25) is 0 Å². The Hall–Kier alpha value is -0.930. The number of hydrogen-bond acceptors (Lipinski definition) is 3. The van der Waals surface area contributed by atoms with Crippen molar-refractivity contribution in [3.63, 3.8) is 0 Å². The van der Waals surface area contributed by atoms with E-state index in [1.165, 1.54) is 56.5 Å². The normalized spacial score (nSPS) is 24.6. The molecular formula is C17H27N3. The van der Waals surface area contributed by atoms with Gasteiger partial charge < -0.3 is 5.32 Å². The van der Waals surface area contributed by atoms with Crippen LogP contribution in [0.1, 0.15) is 56.8 Å². The molecule has 0 bridgehead atoms. The molecule has 0 aromatic carbocycles. The predicted molar refractivity (Wildman–Crippen MR) is 82.4 cm³/mol. The second-order valence-corrected chi connectivity index (χ2v) is 6.44. The molecule has 3 rings (SSSR count). The fraction of sp³-hybridized carbons (Fsp3) is 0.706. The van der Waals surface area contributed by atoms with E-state index in [1.54, 1.807) is 0 Å². The Morgan fingerprint density at radius 3 is 2.85 bits per heavy atom. The molecule has 20 heavy (non-hydrogen) atoms. The Morgan fingerprint density at radius 1 is 1.15 bits per heavy atom. The molecule has 110 valence electrons. The van der Waals surface area contributed by atoms with Crippen molar-refractivity contribution in [1.82, 2.24) is 15.2 Å². The fourth-order valence-electron chi connectivity index (χ4n) is 3.03. The van der Waals surface area contributed by atoms with Crippen molar-refractivity contribution in [3.05, 3.63) is 29.6 Å². The van der Waals surface area contributed by atoms with Gasteiger partial charge >= 0.3 is 0 Å². The number of nitrogens with one attached hydrogen (secondary N) is 1. The molecule has 0 amide bonds. The highest BCUT2D eigenvalue weighted by Gasteiger charge is 2.20. The summed E-state index contributed by atoms with van der Waals surface area (Å²) < 4.78 is 0. The highest BCUT2D eigenvalue weighted by molar-refractivity contribution is 5.11. The first-order valence-electron chi connectivity index (χ1n) is 8.23. The van der Waals surface area contributed by atoms with Gasteiger partial charge in [-0.1, -0.05) is 18.9 Å². The maximum absolute atomic E-state index is 4.83. The summed E-state index contributed by atoms with van der Waals surface area (Å²) in [5, 5.41) is 3.55. The largest absolute Gasteiger partial charge is 0.308 e. The van der Waals surface area contributed by atoms with E-state index in [2.05, 4.69) is 35.3 Å². The van der Waals surface area contributed by atoms with Crippen LogP contribution in [0.15, 0.2) is 18.2 Å². The number of nitrogens with zero attached hydrogens (tertiary/aromatic N) is 2. The first kappa shape index (κ1) is 14.0. The Bertz CT molecular complexity index is 428. The summed E-state index contributed by atoms with van der Waals surface area (Å²) in [4.78, 5) is 7.43. The van der Waals surface area contributed by atoms with Crippen LogP contribution in [0.4, 0.5) is 0 Å². The number of hydrogen-bond donors (Lipinski definition) is 1. The van der Waals surface area contributed by atoms with Gasteiger partial charge in [0.25, 0.3) is 0 Å². The third-order valence-corrected chi connectivity index (χ3v) is 4.57. The van der Waals surface area contributed by atoms with E-state index in [4.69, 9.17) is 4.98 Å². The van der Waals surface area contributed by atoms with E-state index in [0.29, 0.717) is 6.04 Å². The topological polar surface area (TPSA) is 28.2 Å². The first-order valence-corrected chi connectivity index (χ1v) is 8.23. The van der Waals surface area contributed by atoms with Crippen LogP contribution in [0.2, 0.25) is 0 Å². The van der Waals surface area contributed by atoms with E-state index in [9.17, 15) is 0 Å². The fourth-order valence-corrected chi connectivity index (χ4v) is 3.03. The van der Waals surface area contributed by atoms with Gasteiger partial charge in [0.1, 0.15) is 0 Å². The summed E-state index contributed by atoms with van der Waals surface area (Å²) >= 11 is 0. The first-order chi connectivity index (χ1) is 9.81. The van der Waals surface area contributed by atoms with Crippen LogP contribution in [0.5, 0.6) is 0 Å². The summed E-state index contributed by atoms with van der Waals surface area (Å²) in [6, 6.07) is 7.94. The van der Waals surface area contributed by atoms with Crippen LogP contribution >= 0.6 is 0 Å². The number of rotatable bonds is 5. The third-order valence-electron chi connectivity index (χ3n) is 4.57. The molecule has 1 atom stereocenters. The van der Waals surface area contributed by atoms with Gasteiger partial charge in [0, 0.05) is 25.2 Å². The molecule has 1 aliphatic carbocycles.